The lowest BCUT2D eigenvalue weighted by molar-refractivity contribution is -0.154. The third-order valence-electron chi connectivity index (χ3n) is 5.24. The Morgan fingerprint density at radius 2 is 1.15 bits per heavy atom. The van der Waals surface area contributed by atoms with E-state index in [1.807, 2.05) is 91.0 Å². The summed E-state index contributed by atoms with van der Waals surface area (Å²) in [5, 5.41) is 0. The van der Waals surface area contributed by atoms with Crippen LogP contribution in [0.5, 0.6) is 0 Å². The summed E-state index contributed by atoms with van der Waals surface area (Å²) in [5.41, 5.74) is 2.62. The molecule has 0 saturated heterocycles. The van der Waals surface area contributed by atoms with Crippen LogP contribution in [-0.4, -0.2) is 17.8 Å². The predicted octanol–water partition coefficient (Wildman–Crippen LogP) is 5.17. The largest absolute Gasteiger partial charge is 0.461 e. The fourth-order valence-corrected chi connectivity index (χ4v) is 4.07. The number of rotatable bonds is 13. The Hall–Kier alpha value is -3.21. The van der Waals surface area contributed by atoms with Crippen LogP contribution >= 0.6 is 8.46 Å². The maximum absolute atomic E-state index is 12.9. The first-order chi connectivity index (χ1) is 16.7. The van der Waals surface area contributed by atoms with Gasteiger partial charge in [0.1, 0.15) is 19.1 Å². The molecule has 0 saturated carbocycles. The van der Waals surface area contributed by atoms with Gasteiger partial charge in [-0.1, -0.05) is 91.0 Å². The molecule has 34 heavy (non-hydrogen) atoms. The molecule has 0 spiro atoms. The summed E-state index contributed by atoms with van der Waals surface area (Å²) in [4.78, 5) is 25.3. The van der Waals surface area contributed by atoms with E-state index in [9.17, 15) is 14.2 Å². The molecule has 0 aliphatic carbocycles. The van der Waals surface area contributed by atoms with Crippen LogP contribution in [-0.2, 0) is 48.2 Å². The molecule has 178 valence electrons. The maximum atomic E-state index is 12.9. The molecule has 0 heterocycles. The molecule has 3 rings (SSSR count). The molecule has 0 bridgehead atoms. The summed E-state index contributed by atoms with van der Waals surface area (Å²) in [5.74, 6) is -2.66. The van der Waals surface area contributed by atoms with Crippen molar-refractivity contribution >= 4 is 20.4 Å². The second kappa shape index (κ2) is 14.1. The van der Waals surface area contributed by atoms with Crippen molar-refractivity contribution in [2.45, 2.75) is 38.5 Å². The van der Waals surface area contributed by atoms with E-state index >= 15 is 0 Å². The van der Waals surface area contributed by atoms with Crippen LogP contribution in [0, 0.1) is 5.92 Å². The van der Waals surface area contributed by atoms with Gasteiger partial charge in [0, 0.05) is 6.42 Å². The van der Waals surface area contributed by atoms with Crippen molar-refractivity contribution in [3.05, 3.63) is 108 Å². The van der Waals surface area contributed by atoms with E-state index in [4.69, 9.17) is 14.2 Å². The lowest BCUT2D eigenvalue weighted by Gasteiger charge is -2.22. The Kier molecular flexibility index (Phi) is 10.6. The number of ether oxygens (including phenoxy) is 3. The SMILES string of the molecule is O=[PH2]C(OCc1ccccc1)C(CCC(=O)OCc1ccccc1)C(=O)OCc1ccccc1. The molecule has 3 atom stereocenters. The average Bonchev–Trinajstić information content (AvgIpc) is 2.89. The number of carbonyl (C=O) groups is 2. The molecule has 0 fully saturated rings. The molecular weight excluding hydrogens is 451 g/mol. The van der Waals surface area contributed by atoms with Gasteiger partial charge in [0.25, 0.3) is 0 Å². The van der Waals surface area contributed by atoms with Crippen LogP contribution in [0.2, 0.25) is 0 Å². The first kappa shape index (κ1) is 25.4. The van der Waals surface area contributed by atoms with Crippen molar-refractivity contribution in [3.8, 4) is 0 Å². The third kappa shape index (κ3) is 8.62. The van der Waals surface area contributed by atoms with Crippen molar-refractivity contribution in [2.24, 2.45) is 5.92 Å². The third-order valence-corrected chi connectivity index (χ3v) is 6.17. The van der Waals surface area contributed by atoms with E-state index in [2.05, 4.69) is 0 Å². The smallest absolute Gasteiger partial charge is 0.312 e. The van der Waals surface area contributed by atoms with Gasteiger partial charge in [-0.15, -0.1) is 0 Å². The zero-order valence-corrected chi connectivity index (χ0v) is 20.0. The van der Waals surface area contributed by atoms with Gasteiger partial charge in [0.15, 0.2) is 0 Å². The van der Waals surface area contributed by atoms with E-state index < -0.39 is 32.2 Å². The molecule has 3 unspecified atom stereocenters. The van der Waals surface area contributed by atoms with E-state index in [1.165, 1.54) is 0 Å². The highest BCUT2D eigenvalue weighted by molar-refractivity contribution is 7.24. The Labute approximate surface area is 201 Å². The second-order valence-corrected chi connectivity index (χ2v) is 8.71. The summed E-state index contributed by atoms with van der Waals surface area (Å²) in [6, 6.07) is 28.1. The number of carbonyl (C=O) groups excluding carboxylic acids is 2. The Morgan fingerprint density at radius 3 is 1.65 bits per heavy atom. The average molecular weight is 480 g/mol. The van der Waals surface area contributed by atoms with Gasteiger partial charge in [-0.2, -0.15) is 0 Å². The monoisotopic (exact) mass is 480 g/mol. The zero-order valence-electron chi connectivity index (χ0n) is 18.9. The number of hydrogen-bond acceptors (Lipinski definition) is 6. The number of benzene rings is 3. The van der Waals surface area contributed by atoms with Crippen LogP contribution in [0.4, 0.5) is 0 Å². The fourth-order valence-electron chi connectivity index (χ4n) is 3.35. The minimum absolute atomic E-state index is 0.0113. The highest BCUT2D eigenvalue weighted by Gasteiger charge is 2.31. The molecule has 0 aliphatic rings. The van der Waals surface area contributed by atoms with E-state index in [1.54, 1.807) is 0 Å². The molecular formula is C27H29O6P. The van der Waals surface area contributed by atoms with Gasteiger partial charge in [-0.25, -0.2) is 0 Å². The summed E-state index contributed by atoms with van der Waals surface area (Å²) < 4.78 is 28.7. The van der Waals surface area contributed by atoms with Gasteiger partial charge in [0.05, 0.1) is 21.0 Å². The summed E-state index contributed by atoms with van der Waals surface area (Å²) in [6.07, 6.45) is 0.110. The highest BCUT2D eigenvalue weighted by Crippen LogP contribution is 2.27. The quantitative estimate of drug-likeness (QED) is 0.248. The highest BCUT2D eigenvalue weighted by atomic mass is 31.1. The molecule has 0 aromatic heterocycles. The summed E-state index contributed by atoms with van der Waals surface area (Å²) >= 11 is 0. The summed E-state index contributed by atoms with van der Waals surface area (Å²) in [7, 11) is -1.44. The summed E-state index contributed by atoms with van der Waals surface area (Å²) in [6.45, 7) is 0.458. The van der Waals surface area contributed by atoms with Crippen LogP contribution in [0.3, 0.4) is 0 Å². The van der Waals surface area contributed by atoms with Crippen molar-refractivity contribution in [1.29, 1.82) is 0 Å². The van der Waals surface area contributed by atoms with E-state index in [0.717, 1.165) is 16.7 Å². The Morgan fingerprint density at radius 1 is 0.676 bits per heavy atom. The normalized spacial score (nSPS) is 12.8. The van der Waals surface area contributed by atoms with Gasteiger partial charge in [-0.05, 0) is 23.1 Å². The van der Waals surface area contributed by atoms with Gasteiger partial charge < -0.3 is 18.8 Å². The molecule has 6 nitrogen and oxygen atoms in total. The van der Waals surface area contributed by atoms with E-state index in [-0.39, 0.29) is 32.7 Å². The van der Waals surface area contributed by atoms with Crippen LogP contribution < -0.4 is 0 Å². The van der Waals surface area contributed by atoms with E-state index in [0.29, 0.717) is 0 Å². The number of esters is 2. The minimum Gasteiger partial charge on any atom is -0.461 e. The molecule has 0 N–H and O–H groups in total. The van der Waals surface area contributed by atoms with Crippen molar-refractivity contribution in [3.63, 3.8) is 0 Å². The fraction of sp³-hybridized carbons (Fsp3) is 0.259. The molecule has 3 aromatic carbocycles. The van der Waals surface area contributed by atoms with Crippen molar-refractivity contribution in [1.82, 2.24) is 0 Å². The second-order valence-electron chi connectivity index (χ2n) is 7.78. The standard InChI is InChI=1S/C27H29O6P/c28-25(31-18-21-10-4-1-5-11-21)17-16-24(26(29)32-19-22-12-6-2-7-13-22)27(34-30)33-20-23-14-8-3-9-15-23/h1-15,24,27H,16-20,34H2. The molecule has 0 aliphatic heterocycles. The topological polar surface area (TPSA) is 78.9 Å². The maximum Gasteiger partial charge on any atom is 0.312 e. The molecule has 0 amide bonds. The van der Waals surface area contributed by atoms with Gasteiger partial charge in [-0.3, -0.25) is 9.59 Å². The van der Waals surface area contributed by atoms with Gasteiger partial charge >= 0.3 is 11.9 Å². The minimum atomic E-state index is -1.44. The lowest BCUT2D eigenvalue weighted by Crippen LogP contribution is -2.29. The van der Waals surface area contributed by atoms with Crippen molar-refractivity contribution < 1.29 is 28.4 Å². The predicted molar refractivity (Wildman–Crippen MR) is 131 cm³/mol. The first-order valence-corrected chi connectivity index (χ1v) is 12.3. The van der Waals surface area contributed by atoms with Crippen LogP contribution in [0.15, 0.2) is 91.0 Å². The molecule has 0 radical (unpaired) electrons. The van der Waals surface area contributed by atoms with Crippen LogP contribution in [0.1, 0.15) is 29.5 Å². The van der Waals surface area contributed by atoms with Crippen molar-refractivity contribution in [2.75, 3.05) is 0 Å². The van der Waals surface area contributed by atoms with Gasteiger partial charge in [0.2, 0.25) is 0 Å². The lowest BCUT2D eigenvalue weighted by atomic mass is 10.0. The Bertz CT molecular complexity index is 1030. The first-order valence-electron chi connectivity index (χ1n) is 11.2. The molecule has 7 heteroatoms. The molecule has 3 aromatic rings. The Balaban J connectivity index is 1.60. The zero-order chi connectivity index (χ0) is 24.0. The van der Waals surface area contributed by atoms with Crippen LogP contribution in [0.25, 0.3) is 0 Å². The number of hydrogen-bond donors (Lipinski definition) is 0.